The van der Waals surface area contributed by atoms with Crippen LogP contribution in [-0.2, 0) is 0 Å². The molecule has 0 bridgehead atoms. The van der Waals surface area contributed by atoms with Gasteiger partial charge in [-0.3, -0.25) is 0 Å². The van der Waals surface area contributed by atoms with Gasteiger partial charge in [0.25, 0.3) is 0 Å². The molecule has 0 amide bonds. The number of phenols is 2. The van der Waals surface area contributed by atoms with Gasteiger partial charge in [0, 0.05) is 23.5 Å². The van der Waals surface area contributed by atoms with E-state index in [9.17, 15) is 15.3 Å². The van der Waals surface area contributed by atoms with Gasteiger partial charge >= 0.3 is 0 Å². The maximum atomic E-state index is 9.98. The Labute approximate surface area is 159 Å². The molecule has 2 aromatic carbocycles. The second-order valence-corrected chi connectivity index (χ2v) is 7.00. The summed E-state index contributed by atoms with van der Waals surface area (Å²) >= 11 is 0. The molecule has 1 heterocycles. The Hall–Kier alpha value is -3.14. The van der Waals surface area contributed by atoms with Crippen molar-refractivity contribution in [2.24, 2.45) is 0 Å². The van der Waals surface area contributed by atoms with Crippen molar-refractivity contribution in [3.63, 3.8) is 0 Å². The highest BCUT2D eigenvalue weighted by Crippen LogP contribution is 2.47. The lowest BCUT2D eigenvalue weighted by Crippen LogP contribution is -2.25. The number of hydrogen-bond donors (Lipinski definition) is 3. The van der Waals surface area contributed by atoms with Crippen molar-refractivity contribution in [3.05, 3.63) is 89.2 Å². The van der Waals surface area contributed by atoms with Gasteiger partial charge in [-0.05, 0) is 54.8 Å². The van der Waals surface area contributed by atoms with Crippen LogP contribution in [0.3, 0.4) is 0 Å². The number of aromatic hydroxyl groups is 2. The zero-order valence-electron chi connectivity index (χ0n) is 15.5. The molecule has 27 heavy (non-hydrogen) atoms. The Bertz CT molecular complexity index is 902. The molecule has 0 spiro atoms. The molecule has 0 saturated heterocycles. The third kappa shape index (κ3) is 4.00. The van der Waals surface area contributed by atoms with Crippen molar-refractivity contribution in [3.8, 4) is 17.2 Å². The quantitative estimate of drug-likeness (QED) is 0.507. The second kappa shape index (κ2) is 7.62. The molecule has 4 nitrogen and oxygen atoms in total. The fourth-order valence-corrected chi connectivity index (χ4v) is 3.32. The first-order valence-electron chi connectivity index (χ1n) is 8.84. The average molecular weight is 364 g/mol. The number of aliphatic hydroxyl groups excluding tert-OH is 1. The second-order valence-electron chi connectivity index (χ2n) is 7.00. The van der Waals surface area contributed by atoms with Crippen LogP contribution in [0.4, 0.5) is 0 Å². The Kier molecular flexibility index (Phi) is 5.26. The van der Waals surface area contributed by atoms with E-state index in [1.54, 1.807) is 30.3 Å². The summed E-state index contributed by atoms with van der Waals surface area (Å²) in [6, 6.07) is 12.2. The predicted octanol–water partition coefficient (Wildman–Crippen LogP) is 5.32. The number of aliphatic hydroxyl groups is 1. The molecule has 0 saturated carbocycles. The van der Waals surface area contributed by atoms with Gasteiger partial charge < -0.3 is 20.1 Å². The molecule has 3 N–H and O–H groups in total. The zero-order valence-corrected chi connectivity index (χ0v) is 15.5. The van der Waals surface area contributed by atoms with E-state index in [0.717, 1.165) is 22.3 Å². The summed E-state index contributed by atoms with van der Waals surface area (Å²) in [7, 11) is 0. The van der Waals surface area contributed by atoms with E-state index in [0.29, 0.717) is 12.4 Å². The van der Waals surface area contributed by atoms with Gasteiger partial charge in [0.15, 0.2) is 0 Å². The van der Waals surface area contributed by atoms with Crippen LogP contribution >= 0.6 is 0 Å². The summed E-state index contributed by atoms with van der Waals surface area (Å²) in [5.41, 5.74) is 3.61. The van der Waals surface area contributed by atoms with E-state index in [4.69, 9.17) is 4.74 Å². The van der Waals surface area contributed by atoms with Crippen molar-refractivity contribution in [2.75, 3.05) is 6.61 Å². The lowest BCUT2D eigenvalue weighted by Gasteiger charge is -2.34. The van der Waals surface area contributed by atoms with E-state index in [1.807, 2.05) is 38.1 Å². The maximum Gasteiger partial charge on any atom is 0.126 e. The number of allylic oxidation sites excluding steroid dienone is 4. The minimum absolute atomic E-state index is 0.00589. The van der Waals surface area contributed by atoms with E-state index >= 15 is 0 Å². The van der Waals surface area contributed by atoms with Gasteiger partial charge in [0.1, 0.15) is 23.0 Å². The molecule has 0 fully saturated rings. The standard InChI is InChI=1S/C23H24O4/c1-14(2)21(26)11-4-15(3)23-19-10-9-18(25)12-22(19)27-13-20(23)16-5-7-17(24)8-6-16/h4-12,20,23-26H,3,13H2,1-2H3/b11-4-/t20-,23-/m0/s1. The van der Waals surface area contributed by atoms with E-state index in [2.05, 4.69) is 6.58 Å². The molecule has 3 rings (SSSR count). The highest BCUT2D eigenvalue weighted by Gasteiger charge is 2.33. The molecule has 0 radical (unpaired) electrons. The first-order chi connectivity index (χ1) is 12.9. The normalized spacial score (nSPS) is 18.6. The predicted molar refractivity (Wildman–Crippen MR) is 106 cm³/mol. The average Bonchev–Trinajstić information content (AvgIpc) is 2.65. The minimum Gasteiger partial charge on any atom is -0.508 e. The van der Waals surface area contributed by atoms with Crippen LogP contribution in [0.15, 0.2) is 78.1 Å². The molecule has 0 aromatic heterocycles. The van der Waals surface area contributed by atoms with Gasteiger partial charge in [-0.25, -0.2) is 0 Å². The Morgan fingerprint density at radius 2 is 1.70 bits per heavy atom. The van der Waals surface area contributed by atoms with Crippen molar-refractivity contribution >= 4 is 0 Å². The van der Waals surface area contributed by atoms with Crippen molar-refractivity contribution < 1.29 is 20.1 Å². The van der Waals surface area contributed by atoms with Crippen LogP contribution < -0.4 is 4.74 Å². The van der Waals surface area contributed by atoms with E-state index in [-0.39, 0.29) is 29.1 Å². The first-order valence-corrected chi connectivity index (χ1v) is 8.84. The lowest BCUT2D eigenvalue weighted by molar-refractivity contribution is 0.247. The first kappa shape index (κ1) is 18.6. The van der Waals surface area contributed by atoms with Crippen molar-refractivity contribution in [1.82, 2.24) is 0 Å². The molecular formula is C23H24O4. The molecule has 0 unspecified atom stereocenters. The topological polar surface area (TPSA) is 69.9 Å². The number of rotatable bonds is 4. The molecule has 2 atom stereocenters. The van der Waals surface area contributed by atoms with Crippen LogP contribution in [0.5, 0.6) is 17.2 Å². The molecule has 140 valence electrons. The number of benzene rings is 2. The van der Waals surface area contributed by atoms with E-state index < -0.39 is 0 Å². The monoisotopic (exact) mass is 364 g/mol. The molecule has 4 heteroatoms. The lowest BCUT2D eigenvalue weighted by atomic mass is 9.76. The zero-order chi connectivity index (χ0) is 19.6. The van der Waals surface area contributed by atoms with Crippen molar-refractivity contribution in [1.29, 1.82) is 0 Å². The van der Waals surface area contributed by atoms with Gasteiger partial charge in [-0.2, -0.15) is 0 Å². The van der Waals surface area contributed by atoms with Gasteiger partial charge in [-0.15, -0.1) is 0 Å². The summed E-state index contributed by atoms with van der Waals surface area (Å²) < 4.78 is 5.90. The van der Waals surface area contributed by atoms with Gasteiger partial charge in [0.2, 0.25) is 0 Å². The molecule has 2 aromatic rings. The number of fused-ring (bicyclic) bond motifs is 1. The van der Waals surface area contributed by atoms with Gasteiger partial charge in [-0.1, -0.05) is 30.9 Å². The summed E-state index contributed by atoms with van der Waals surface area (Å²) in [5, 5.41) is 29.4. The van der Waals surface area contributed by atoms with Crippen LogP contribution in [-0.4, -0.2) is 21.9 Å². The highest BCUT2D eigenvalue weighted by molar-refractivity contribution is 5.51. The summed E-state index contributed by atoms with van der Waals surface area (Å²) in [6.07, 6.45) is 3.48. The smallest absolute Gasteiger partial charge is 0.126 e. The number of phenolic OH excluding ortho intramolecular Hbond substituents is 2. The maximum absolute atomic E-state index is 9.98. The Balaban J connectivity index is 2.03. The molecule has 1 aliphatic heterocycles. The fraction of sp³-hybridized carbons (Fsp3) is 0.217. The summed E-state index contributed by atoms with van der Waals surface area (Å²) in [6.45, 7) is 8.34. The summed E-state index contributed by atoms with van der Waals surface area (Å²) in [5.74, 6) is 1.13. The third-order valence-corrected chi connectivity index (χ3v) is 4.84. The third-order valence-electron chi connectivity index (χ3n) is 4.84. The SMILES string of the molecule is C=C(/C=C\C(O)=C(C)C)[C@H]1c2ccc(O)cc2OC[C@H]1c1ccc(O)cc1. The van der Waals surface area contributed by atoms with E-state index in [1.165, 1.54) is 0 Å². The largest absolute Gasteiger partial charge is 0.508 e. The van der Waals surface area contributed by atoms with Gasteiger partial charge in [0.05, 0.1) is 6.61 Å². The molecule has 1 aliphatic rings. The van der Waals surface area contributed by atoms with Crippen molar-refractivity contribution in [2.45, 2.75) is 25.7 Å². The van der Waals surface area contributed by atoms with Crippen LogP contribution in [0, 0.1) is 0 Å². The van der Waals surface area contributed by atoms with Crippen LogP contribution in [0.2, 0.25) is 0 Å². The summed E-state index contributed by atoms with van der Waals surface area (Å²) in [4.78, 5) is 0. The minimum atomic E-state index is -0.0832. The molecule has 0 aliphatic carbocycles. The Morgan fingerprint density at radius 3 is 2.37 bits per heavy atom. The highest BCUT2D eigenvalue weighted by atomic mass is 16.5. The fourth-order valence-electron chi connectivity index (χ4n) is 3.32. The number of hydrogen-bond acceptors (Lipinski definition) is 4. The number of ether oxygens (including phenoxy) is 1. The molecular weight excluding hydrogens is 340 g/mol. The van der Waals surface area contributed by atoms with Crippen LogP contribution in [0.1, 0.15) is 36.8 Å². The Morgan fingerprint density at radius 1 is 1.04 bits per heavy atom. The van der Waals surface area contributed by atoms with Crippen LogP contribution in [0.25, 0.3) is 0 Å².